The Kier molecular flexibility index (Phi) is 4.50. The molecule has 0 aliphatic carbocycles. The monoisotopic (exact) mass is 299 g/mol. The fourth-order valence-electron chi connectivity index (χ4n) is 1.83. The fraction of sp³-hybridized carbons (Fsp3) is 0.214. The molecular weight excluding hydrogens is 289 g/mol. The number of alkyl halides is 1. The second-order valence-corrected chi connectivity index (χ2v) is 5.45. The van der Waals surface area contributed by atoms with Gasteiger partial charge in [0.1, 0.15) is 0 Å². The molecule has 1 heterocycles. The summed E-state index contributed by atoms with van der Waals surface area (Å²) in [6, 6.07) is 9.26. The SMILES string of the molecule is CC(c1ccncc1)C(Cl)c1cc(Cl)ccc1Cl. The van der Waals surface area contributed by atoms with E-state index in [4.69, 9.17) is 34.8 Å². The summed E-state index contributed by atoms with van der Waals surface area (Å²) in [6.45, 7) is 2.06. The van der Waals surface area contributed by atoms with E-state index in [0.717, 1.165) is 11.1 Å². The molecule has 0 saturated carbocycles. The maximum absolute atomic E-state index is 6.50. The van der Waals surface area contributed by atoms with Gasteiger partial charge in [-0.15, -0.1) is 11.6 Å². The lowest BCUT2D eigenvalue weighted by Crippen LogP contribution is -2.03. The zero-order valence-corrected chi connectivity index (χ0v) is 12.0. The van der Waals surface area contributed by atoms with Crippen molar-refractivity contribution in [3.63, 3.8) is 0 Å². The summed E-state index contributed by atoms with van der Waals surface area (Å²) in [7, 11) is 0. The van der Waals surface area contributed by atoms with Crippen LogP contribution in [0.3, 0.4) is 0 Å². The van der Waals surface area contributed by atoms with Crippen molar-refractivity contribution in [3.05, 3.63) is 63.9 Å². The van der Waals surface area contributed by atoms with E-state index in [9.17, 15) is 0 Å². The molecule has 0 radical (unpaired) electrons. The number of benzene rings is 1. The lowest BCUT2D eigenvalue weighted by Gasteiger charge is -2.20. The van der Waals surface area contributed by atoms with E-state index in [2.05, 4.69) is 11.9 Å². The number of aromatic nitrogens is 1. The third kappa shape index (κ3) is 2.97. The molecule has 1 nitrogen and oxygen atoms in total. The van der Waals surface area contributed by atoms with Crippen LogP contribution in [0.25, 0.3) is 0 Å². The maximum Gasteiger partial charge on any atom is 0.0666 e. The Bertz CT molecular complexity index is 528. The summed E-state index contributed by atoms with van der Waals surface area (Å²) in [5.41, 5.74) is 1.98. The van der Waals surface area contributed by atoms with E-state index in [1.54, 1.807) is 24.5 Å². The van der Waals surface area contributed by atoms with Gasteiger partial charge < -0.3 is 0 Å². The summed E-state index contributed by atoms with van der Waals surface area (Å²) in [4.78, 5) is 4.00. The van der Waals surface area contributed by atoms with Crippen molar-refractivity contribution in [2.75, 3.05) is 0 Å². The van der Waals surface area contributed by atoms with Gasteiger partial charge in [0.15, 0.2) is 0 Å². The van der Waals surface area contributed by atoms with Crippen molar-refractivity contribution in [3.8, 4) is 0 Å². The normalized spacial score (nSPS) is 14.2. The number of rotatable bonds is 3. The van der Waals surface area contributed by atoms with Crippen molar-refractivity contribution < 1.29 is 0 Å². The highest BCUT2D eigenvalue weighted by Gasteiger charge is 2.20. The van der Waals surface area contributed by atoms with Crippen LogP contribution in [0, 0.1) is 0 Å². The Morgan fingerprint density at radius 2 is 1.72 bits per heavy atom. The molecule has 0 bridgehead atoms. The minimum Gasteiger partial charge on any atom is -0.265 e. The molecule has 4 heteroatoms. The van der Waals surface area contributed by atoms with Gasteiger partial charge in [-0.3, -0.25) is 4.98 Å². The minimum absolute atomic E-state index is 0.130. The minimum atomic E-state index is -0.224. The van der Waals surface area contributed by atoms with E-state index in [0.29, 0.717) is 10.0 Å². The van der Waals surface area contributed by atoms with Crippen LogP contribution in [-0.2, 0) is 0 Å². The second-order valence-electron chi connectivity index (χ2n) is 4.14. The third-order valence-electron chi connectivity index (χ3n) is 2.93. The van der Waals surface area contributed by atoms with Crippen LogP contribution in [0.4, 0.5) is 0 Å². The van der Waals surface area contributed by atoms with Gasteiger partial charge in [-0.1, -0.05) is 30.1 Å². The van der Waals surface area contributed by atoms with Crippen molar-refractivity contribution in [2.24, 2.45) is 0 Å². The standard InChI is InChI=1S/C14H12Cl3N/c1-9(10-4-6-18-7-5-10)14(17)12-8-11(15)2-3-13(12)16/h2-9,14H,1H3. The number of hydrogen-bond acceptors (Lipinski definition) is 1. The zero-order chi connectivity index (χ0) is 13.1. The van der Waals surface area contributed by atoms with Crippen molar-refractivity contribution in [1.82, 2.24) is 4.98 Å². The van der Waals surface area contributed by atoms with E-state index in [1.165, 1.54) is 0 Å². The van der Waals surface area contributed by atoms with Crippen LogP contribution < -0.4 is 0 Å². The van der Waals surface area contributed by atoms with Gasteiger partial charge in [0, 0.05) is 28.4 Å². The molecular formula is C14H12Cl3N. The lowest BCUT2D eigenvalue weighted by molar-refractivity contribution is 0.730. The maximum atomic E-state index is 6.50. The van der Waals surface area contributed by atoms with Crippen LogP contribution in [0.2, 0.25) is 10.0 Å². The first kappa shape index (κ1) is 13.7. The molecule has 1 aromatic carbocycles. The topological polar surface area (TPSA) is 12.9 Å². The number of hydrogen-bond donors (Lipinski definition) is 0. The molecule has 0 aliphatic rings. The Balaban J connectivity index is 2.31. The molecule has 0 spiro atoms. The highest BCUT2D eigenvalue weighted by molar-refractivity contribution is 6.34. The Morgan fingerprint density at radius 3 is 2.39 bits per heavy atom. The van der Waals surface area contributed by atoms with Crippen molar-refractivity contribution in [2.45, 2.75) is 18.2 Å². The Hall–Kier alpha value is -0.760. The van der Waals surface area contributed by atoms with Gasteiger partial charge in [0.2, 0.25) is 0 Å². The number of nitrogens with zero attached hydrogens (tertiary/aromatic N) is 1. The number of pyridine rings is 1. The second kappa shape index (κ2) is 5.92. The predicted molar refractivity (Wildman–Crippen MR) is 77.7 cm³/mol. The van der Waals surface area contributed by atoms with Crippen LogP contribution in [-0.4, -0.2) is 4.98 Å². The summed E-state index contributed by atoms with van der Waals surface area (Å²) in [5, 5.41) is 1.06. The van der Waals surface area contributed by atoms with Crippen molar-refractivity contribution in [1.29, 1.82) is 0 Å². The third-order valence-corrected chi connectivity index (χ3v) is 4.12. The van der Waals surface area contributed by atoms with Crippen molar-refractivity contribution >= 4 is 34.8 Å². The highest BCUT2D eigenvalue weighted by atomic mass is 35.5. The lowest BCUT2D eigenvalue weighted by atomic mass is 9.94. The first-order chi connectivity index (χ1) is 8.59. The van der Waals surface area contributed by atoms with Gasteiger partial charge in [-0.05, 0) is 41.5 Å². The fourth-order valence-corrected chi connectivity index (χ4v) is 2.63. The summed E-state index contributed by atoms with van der Waals surface area (Å²) in [5.74, 6) is 0.130. The zero-order valence-electron chi connectivity index (χ0n) is 9.78. The van der Waals surface area contributed by atoms with Crippen LogP contribution in [0.15, 0.2) is 42.7 Å². The van der Waals surface area contributed by atoms with Crippen LogP contribution in [0.1, 0.15) is 29.3 Å². The van der Waals surface area contributed by atoms with Gasteiger partial charge in [-0.25, -0.2) is 0 Å². The molecule has 1 aromatic heterocycles. The molecule has 2 atom stereocenters. The Labute approximate surface area is 122 Å². The van der Waals surface area contributed by atoms with Crippen LogP contribution in [0.5, 0.6) is 0 Å². The summed E-state index contributed by atoms with van der Waals surface area (Å²) in [6.07, 6.45) is 3.52. The summed E-state index contributed by atoms with van der Waals surface area (Å²) < 4.78 is 0. The van der Waals surface area contributed by atoms with E-state index < -0.39 is 0 Å². The largest absolute Gasteiger partial charge is 0.265 e. The molecule has 0 aliphatic heterocycles. The smallest absolute Gasteiger partial charge is 0.0666 e. The molecule has 2 unspecified atom stereocenters. The molecule has 18 heavy (non-hydrogen) atoms. The van der Waals surface area contributed by atoms with Crippen LogP contribution >= 0.6 is 34.8 Å². The van der Waals surface area contributed by atoms with Gasteiger partial charge >= 0.3 is 0 Å². The first-order valence-electron chi connectivity index (χ1n) is 5.58. The first-order valence-corrected chi connectivity index (χ1v) is 6.78. The molecule has 0 amide bonds. The predicted octanol–water partition coefficient (Wildman–Crippen LogP) is 5.47. The number of halogens is 3. The summed E-state index contributed by atoms with van der Waals surface area (Å²) >= 11 is 18.7. The molecule has 0 saturated heterocycles. The van der Waals surface area contributed by atoms with E-state index in [1.807, 2.05) is 18.2 Å². The molecule has 0 N–H and O–H groups in total. The van der Waals surface area contributed by atoms with E-state index >= 15 is 0 Å². The van der Waals surface area contributed by atoms with Gasteiger partial charge in [0.05, 0.1) is 5.38 Å². The van der Waals surface area contributed by atoms with Gasteiger partial charge in [-0.2, -0.15) is 0 Å². The molecule has 2 rings (SSSR count). The highest BCUT2D eigenvalue weighted by Crippen LogP contribution is 2.39. The molecule has 94 valence electrons. The van der Waals surface area contributed by atoms with E-state index in [-0.39, 0.29) is 11.3 Å². The quantitative estimate of drug-likeness (QED) is 0.685. The van der Waals surface area contributed by atoms with Gasteiger partial charge in [0.25, 0.3) is 0 Å². The Morgan fingerprint density at radius 1 is 1.06 bits per heavy atom. The molecule has 2 aromatic rings. The average Bonchev–Trinajstić information content (AvgIpc) is 2.41. The average molecular weight is 301 g/mol. The molecule has 0 fully saturated rings.